The molecule has 0 amide bonds. The molecule has 0 fully saturated rings. The van der Waals surface area contributed by atoms with Crippen molar-refractivity contribution >= 4 is 5.97 Å². The minimum atomic E-state index is -1.46. The van der Waals surface area contributed by atoms with Gasteiger partial charge in [0.15, 0.2) is 0 Å². The molecule has 0 saturated heterocycles. The zero-order valence-corrected chi connectivity index (χ0v) is 9.06. The summed E-state index contributed by atoms with van der Waals surface area (Å²) < 4.78 is 13.3. The molecule has 0 aliphatic carbocycles. The maximum absolute atomic E-state index is 13.3. The van der Waals surface area contributed by atoms with Gasteiger partial charge in [-0.25, -0.2) is 9.18 Å². The zero-order chi connectivity index (χ0) is 13.7. The maximum atomic E-state index is 13.3. The SMILES string of the molecule is [N-]=[N+]=NCC(O)C(O)c1ccc(C(=O)O)c(F)c1. The van der Waals surface area contributed by atoms with Gasteiger partial charge in [-0.05, 0) is 23.2 Å². The van der Waals surface area contributed by atoms with Crippen LogP contribution >= 0.6 is 0 Å². The summed E-state index contributed by atoms with van der Waals surface area (Å²) in [5, 5.41) is 30.7. The Morgan fingerprint density at radius 1 is 1.50 bits per heavy atom. The summed E-state index contributed by atoms with van der Waals surface area (Å²) in [7, 11) is 0. The van der Waals surface area contributed by atoms with E-state index in [1.807, 2.05) is 0 Å². The van der Waals surface area contributed by atoms with Crippen molar-refractivity contribution < 1.29 is 24.5 Å². The summed E-state index contributed by atoms with van der Waals surface area (Å²) in [4.78, 5) is 13.0. The molecule has 0 aromatic heterocycles. The number of aliphatic hydroxyl groups excluding tert-OH is 2. The van der Waals surface area contributed by atoms with Crippen LogP contribution in [0.1, 0.15) is 22.0 Å². The first-order valence-electron chi connectivity index (χ1n) is 4.87. The molecule has 0 aliphatic heterocycles. The van der Waals surface area contributed by atoms with Crippen LogP contribution in [0.2, 0.25) is 0 Å². The number of carboxylic acid groups (broad SMARTS) is 1. The molecule has 0 heterocycles. The van der Waals surface area contributed by atoms with Crippen molar-refractivity contribution in [1.29, 1.82) is 0 Å². The Labute approximate surface area is 101 Å². The molecule has 1 aromatic carbocycles. The molecule has 1 rings (SSSR count). The molecule has 1 aromatic rings. The minimum Gasteiger partial charge on any atom is -0.478 e. The molecule has 0 radical (unpaired) electrons. The van der Waals surface area contributed by atoms with Crippen LogP contribution in [-0.2, 0) is 0 Å². The lowest BCUT2D eigenvalue weighted by molar-refractivity contribution is 0.0242. The number of hydrogen-bond donors (Lipinski definition) is 3. The second-order valence-corrected chi connectivity index (χ2v) is 3.47. The van der Waals surface area contributed by atoms with Gasteiger partial charge in [0.05, 0.1) is 18.2 Å². The Morgan fingerprint density at radius 3 is 2.67 bits per heavy atom. The van der Waals surface area contributed by atoms with Crippen molar-refractivity contribution in [2.45, 2.75) is 12.2 Å². The van der Waals surface area contributed by atoms with E-state index < -0.39 is 29.6 Å². The van der Waals surface area contributed by atoms with Gasteiger partial charge in [-0.15, -0.1) is 0 Å². The molecule has 18 heavy (non-hydrogen) atoms. The van der Waals surface area contributed by atoms with Gasteiger partial charge in [-0.3, -0.25) is 0 Å². The van der Waals surface area contributed by atoms with Crippen molar-refractivity contribution in [1.82, 2.24) is 0 Å². The number of azide groups is 1. The van der Waals surface area contributed by atoms with Crippen LogP contribution in [0.5, 0.6) is 0 Å². The summed E-state index contributed by atoms with van der Waals surface area (Å²) in [6, 6.07) is 2.97. The topological polar surface area (TPSA) is 127 Å². The van der Waals surface area contributed by atoms with Gasteiger partial charge < -0.3 is 15.3 Å². The summed E-state index contributed by atoms with van der Waals surface area (Å²) in [5.41, 5.74) is 7.52. The van der Waals surface area contributed by atoms with E-state index in [4.69, 9.17) is 10.6 Å². The third kappa shape index (κ3) is 3.17. The number of carbonyl (C=O) groups is 1. The number of aliphatic hydroxyl groups is 2. The normalized spacial score (nSPS) is 13.5. The Balaban J connectivity index is 2.93. The van der Waals surface area contributed by atoms with Gasteiger partial charge in [0.25, 0.3) is 0 Å². The fraction of sp³-hybridized carbons (Fsp3) is 0.300. The molecule has 0 spiro atoms. The van der Waals surface area contributed by atoms with E-state index in [0.29, 0.717) is 0 Å². The van der Waals surface area contributed by atoms with E-state index in [9.17, 15) is 19.4 Å². The van der Waals surface area contributed by atoms with Crippen molar-refractivity contribution in [3.8, 4) is 0 Å². The minimum absolute atomic E-state index is 0.00172. The number of aromatic carboxylic acids is 1. The second-order valence-electron chi connectivity index (χ2n) is 3.47. The monoisotopic (exact) mass is 255 g/mol. The predicted octanol–water partition coefficient (Wildman–Crippen LogP) is 1.23. The lowest BCUT2D eigenvalue weighted by Gasteiger charge is -2.16. The summed E-state index contributed by atoms with van der Waals surface area (Å²) in [5.74, 6) is -2.45. The third-order valence-electron chi connectivity index (χ3n) is 2.26. The van der Waals surface area contributed by atoms with Gasteiger partial charge in [0, 0.05) is 4.91 Å². The number of nitrogens with zero attached hydrogens (tertiary/aromatic N) is 3. The van der Waals surface area contributed by atoms with Gasteiger partial charge in [0.1, 0.15) is 11.9 Å². The first-order chi connectivity index (χ1) is 8.47. The van der Waals surface area contributed by atoms with Crippen LogP contribution in [0.3, 0.4) is 0 Å². The van der Waals surface area contributed by atoms with Crippen molar-refractivity contribution in [2.75, 3.05) is 6.54 Å². The highest BCUT2D eigenvalue weighted by atomic mass is 19.1. The first kappa shape index (κ1) is 13.9. The van der Waals surface area contributed by atoms with Gasteiger partial charge in [-0.1, -0.05) is 11.2 Å². The highest BCUT2D eigenvalue weighted by molar-refractivity contribution is 5.87. The van der Waals surface area contributed by atoms with E-state index in [2.05, 4.69) is 10.0 Å². The number of benzene rings is 1. The van der Waals surface area contributed by atoms with Crippen LogP contribution in [0.25, 0.3) is 10.4 Å². The van der Waals surface area contributed by atoms with E-state index >= 15 is 0 Å². The third-order valence-corrected chi connectivity index (χ3v) is 2.26. The Bertz CT molecular complexity index is 502. The highest BCUT2D eigenvalue weighted by Gasteiger charge is 2.20. The molecule has 2 unspecified atom stereocenters. The zero-order valence-electron chi connectivity index (χ0n) is 9.06. The van der Waals surface area contributed by atoms with E-state index in [0.717, 1.165) is 12.1 Å². The van der Waals surface area contributed by atoms with Crippen LogP contribution in [0.15, 0.2) is 23.3 Å². The molecule has 0 bridgehead atoms. The van der Waals surface area contributed by atoms with Gasteiger partial charge in [-0.2, -0.15) is 0 Å². The van der Waals surface area contributed by atoms with Crippen LogP contribution in [-0.4, -0.2) is 33.9 Å². The van der Waals surface area contributed by atoms with E-state index in [-0.39, 0.29) is 12.1 Å². The second kappa shape index (κ2) is 5.97. The Hall–Kier alpha value is -2.15. The number of rotatable bonds is 5. The van der Waals surface area contributed by atoms with Gasteiger partial charge in [0.2, 0.25) is 0 Å². The van der Waals surface area contributed by atoms with Crippen LogP contribution in [0.4, 0.5) is 4.39 Å². The number of halogens is 1. The standard InChI is InChI=1S/C10H10FN3O4/c11-7-3-5(1-2-6(7)10(17)18)9(16)8(15)4-13-14-12/h1-3,8-9,15-16H,4H2,(H,17,18). The summed E-state index contributed by atoms with van der Waals surface area (Å²) >= 11 is 0. The molecule has 2 atom stereocenters. The quantitative estimate of drug-likeness (QED) is 0.415. The van der Waals surface area contributed by atoms with Crippen molar-refractivity contribution in [3.63, 3.8) is 0 Å². The molecule has 0 saturated carbocycles. The van der Waals surface area contributed by atoms with E-state index in [1.165, 1.54) is 6.07 Å². The molecule has 96 valence electrons. The average molecular weight is 255 g/mol. The smallest absolute Gasteiger partial charge is 0.338 e. The summed E-state index contributed by atoms with van der Waals surface area (Å²) in [6.45, 7) is -0.375. The molecular weight excluding hydrogens is 245 g/mol. The molecule has 3 N–H and O–H groups in total. The van der Waals surface area contributed by atoms with Crippen LogP contribution < -0.4 is 0 Å². The fourth-order valence-electron chi connectivity index (χ4n) is 1.33. The maximum Gasteiger partial charge on any atom is 0.338 e. The van der Waals surface area contributed by atoms with Gasteiger partial charge >= 0.3 is 5.97 Å². The van der Waals surface area contributed by atoms with Crippen molar-refractivity contribution in [2.24, 2.45) is 5.11 Å². The molecule has 8 heteroatoms. The number of carboxylic acids is 1. The average Bonchev–Trinajstić information content (AvgIpc) is 2.34. The lowest BCUT2D eigenvalue weighted by atomic mass is 10.0. The predicted molar refractivity (Wildman–Crippen MR) is 58.3 cm³/mol. The lowest BCUT2D eigenvalue weighted by Crippen LogP contribution is -2.21. The first-order valence-corrected chi connectivity index (χ1v) is 4.87. The largest absolute Gasteiger partial charge is 0.478 e. The molecular formula is C10H10FN3O4. The Kier molecular flexibility index (Phi) is 4.61. The molecule has 7 nitrogen and oxygen atoms in total. The van der Waals surface area contributed by atoms with Crippen LogP contribution in [0, 0.1) is 5.82 Å². The highest BCUT2D eigenvalue weighted by Crippen LogP contribution is 2.20. The van der Waals surface area contributed by atoms with E-state index in [1.54, 1.807) is 0 Å². The van der Waals surface area contributed by atoms with Crippen molar-refractivity contribution in [3.05, 3.63) is 45.6 Å². The fourth-order valence-corrected chi connectivity index (χ4v) is 1.33. The Morgan fingerprint density at radius 2 is 2.17 bits per heavy atom. The summed E-state index contributed by atoms with van der Waals surface area (Å²) in [6.07, 6.45) is -2.86. The number of hydrogen-bond acceptors (Lipinski definition) is 4. The molecule has 0 aliphatic rings.